The normalized spacial score (nSPS) is 9.93. The number of nitrogens with two attached hydrogens (primary N) is 1. The van der Waals surface area contributed by atoms with E-state index in [1.54, 1.807) is 18.2 Å². The largest absolute Gasteiger partial charge is 0.300 e. The first-order valence-electron chi connectivity index (χ1n) is 3.89. The predicted octanol–water partition coefficient (Wildman–Crippen LogP) is 0.929. The maximum atomic E-state index is 10.6. The number of hydrogen-bond donors (Lipinski definition) is 1. The van der Waals surface area contributed by atoms with Crippen LogP contribution >= 0.6 is 0 Å². The predicted molar refractivity (Wildman–Crippen MR) is 54.2 cm³/mol. The Morgan fingerprint density at radius 3 is 1.71 bits per heavy atom. The minimum Gasteiger partial charge on any atom is -0.300 e. The summed E-state index contributed by atoms with van der Waals surface area (Å²) in [6.45, 7) is 3.06. The zero-order valence-corrected chi connectivity index (χ0v) is 8.91. The molecule has 0 aromatic heterocycles. The number of primary sulfonamides is 1. The molecule has 2 N–H and O–H groups in total. The summed E-state index contributed by atoms with van der Waals surface area (Å²) in [5.74, 6) is 0.167. The van der Waals surface area contributed by atoms with Crippen molar-refractivity contribution in [2.24, 2.45) is 5.14 Å². The third-order valence-electron chi connectivity index (χ3n) is 1.07. The molecule has 0 heterocycles. The maximum Gasteiger partial charge on any atom is 0.238 e. The van der Waals surface area contributed by atoms with Crippen LogP contribution in [0.1, 0.15) is 13.8 Å². The fraction of sp³-hybridized carbons (Fsp3) is 0.222. The lowest BCUT2D eigenvalue weighted by Crippen LogP contribution is -2.11. The molecule has 0 radical (unpaired) electrons. The highest BCUT2D eigenvalue weighted by atomic mass is 32.2. The Kier molecular flexibility index (Phi) is 5.04. The Labute approximate surface area is 83.8 Å². The first-order chi connectivity index (χ1) is 6.34. The Morgan fingerprint density at radius 2 is 1.50 bits per heavy atom. The van der Waals surface area contributed by atoms with Gasteiger partial charge in [-0.15, -0.1) is 0 Å². The number of carbonyl (C=O) groups is 1. The summed E-state index contributed by atoms with van der Waals surface area (Å²) in [5, 5.41) is 4.83. The highest BCUT2D eigenvalue weighted by Gasteiger charge is 2.03. The average Bonchev–Trinajstić information content (AvgIpc) is 2.03. The van der Waals surface area contributed by atoms with E-state index in [0.29, 0.717) is 0 Å². The van der Waals surface area contributed by atoms with Crippen molar-refractivity contribution in [3.63, 3.8) is 0 Å². The number of Topliss-reactive ketones (excluding diaryl/α,β-unsaturated/α-hetero) is 1. The van der Waals surface area contributed by atoms with Crippen LogP contribution in [0.15, 0.2) is 35.2 Å². The van der Waals surface area contributed by atoms with E-state index in [2.05, 4.69) is 0 Å². The summed E-state index contributed by atoms with van der Waals surface area (Å²) in [6, 6.07) is 7.89. The maximum absolute atomic E-state index is 10.6. The molecule has 1 aromatic carbocycles. The molecule has 0 saturated heterocycles. The second-order valence-electron chi connectivity index (χ2n) is 2.77. The highest BCUT2D eigenvalue weighted by Crippen LogP contribution is 2.02. The molecule has 78 valence electrons. The van der Waals surface area contributed by atoms with Crippen LogP contribution in [0.3, 0.4) is 0 Å². The van der Waals surface area contributed by atoms with Gasteiger partial charge in [0.25, 0.3) is 0 Å². The van der Waals surface area contributed by atoms with Crippen LogP contribution in [0.4, 0.5) is 0 Å². The average molecular weight is 215 g/mol. The number of hydrogen-bond acceptors (Lipinski definition) is 3. The smallest absolute Gasteiger partial charge is 0.238 e. The third-order valence-corrected chi connectivity index (χ3v) is 2.00. The van der Waals surface area contributed by atoms with Gasteiger partial charge in [-0.3, -0.25) is 0 Å². The molecule has 0 aliphatic carbocycles. The summed E-state index contributed by atoms with van der Waals surface area (Å²) >= 11 is 0. The van der Waals surface area contributed by atoms with Gasteiger partial charge >= 0.3 is 0 Å². The van der Waals surface area contributed by atoms with Crippen molar-refractivity contribution < 1.29 is 13.2 Å². The van der Waals surface area contributed by atoms with Gasteiger partial charge in [-0.1, -0.05) is 18.2 Å². The van der Waals surface area contributed by atoms with E-state index in [9.17, 15) is 13.2 Å². The number of rotatable bonds is 1. The zero-order chi connectivity index (χ0) is 11.2. The van der Waals surface area contributed by atoms with Crippen molar-refractivity contribution in [1.82, 2.24) is 0 Å². The van der Waals surface area contributed by atoms with Gasteiger partial charge in [-0.05, 0) is 26.0 Å². The van der Waals surface area contributed by atoms with Crippen molar-refractivity contribution in [2.75, 3.05) is 0 Å². The molecule has 0 unspecified atom stereocenters. The topological polar surface area (TPSA) is 77.2 Å². The Morgan fingerprint density at radius 1 is 1.14 bits per heavy atom. The summed E-state index contributed by atoms with van der Waals surface area (Å²) in [5.41, 5.74) is 0. The lowest BCUT2D eigenvalue weighted by Gasteiger charge is -1.93. The number of ketones is 1. The minimum atomic E-state index is -3.50. The fourth-order valence-electron chi connectivity index (χ4n) is 0.610. The minimum absolute atomic E-state index is 0.148. The van der Waals surface area contributed by atoms with Crippen LogP contribution in [-0.4, -0.2) is 14.2 Å². The number of carbonyl (C=O) groups excluding carboxylic acids is 1. The fourth-order valence-corrected chi connectivity index (χ4v) is 1.15. The van der Waals surface area contributed by atoms with E-state index in [-0.39, 0.29) is 10.7 Å². The Bertz CT molecular complexity index is 380. The van der Waals surface area contributed by atoms with Gasteiger partial charge in [-0.25, -0.2) is 13.6 Å². The van der Waals surface area contributed by atoms with Crippen LogP contribution in [0.5, 0.6) is 0 Å². The van der Waals surface area contributed by atoms with Gasteiger partial charge < -0.3 is 4.79 Å². The molecule has 0 saturated carbocycles. The summed E-state index contributed by atoms with van der Waals surface area (Å²) in [4.78, 5) is 9.59. The molecular formula is C9H13NO3S. The molecule has 0 aliphatic rings. The standard InChI is InChI=1S/C6H7NO2S.C3H6O/c7-10(8,9)6-4-2-1-3-5-6;1-3(2)4/h1-5H,(H2,7,8,9);1-2H3. The third kappa shape index (κ3) is 6.33. The van der Waals surface area contributed by atoms with Gasteiger partial charge in [0.1, 0.15) is 5.78 Å². The van der Waals surface area contributed by atoms with Crippen LogP contribution in [0.2, 0.25) is 0 Å². The molecule has 0 amide bonds. The molecule has 0 bridgehead atoms. The molecule has 1 rings (SSSR count). The van der Waals surface area contributed by atoms with Crippen LogP contribution in [-0.2, 0) is 14.8 Å². The summed E-state index contributed by atoms with van der Waals surface area (Å²) in [7, 11) is -3.50. The first-order valence-corrected chi connectivity index (χ1v) is 5.43. The summed E-state index contributed by atoms with van der Waals surface area (Å²) in [6.07, 6.45) is 0. The lowest BCUT2D eigenvalue weighted by molar-refractivity contribution is -0.114. The van der Waals surface area contributed by atoms with E-state index in [1.165, 1.54) is 26.0 Å². The van der Waals surface area contributed by atoms with Gasteiger partial charge in [0.2, 0.25) is 10.0 Å². The van der Waals surface area contributed by atoms with Gasteiger partial charge in [0.15, 0.2) is 0 Å². The van der Waals surface area contributed by atoms with E-state index in [0.717, 1.165) is 0 Å². The first kappa shape index (κ1) is 12.8. The van der Waals surface area contributed by atoms with Crippen molar-refractivity contribution in [3.8, 4) is 0 Å². The molecule has 0 aliphatic heterocycles. The van der Waals surface area contributed by atoms with Gasteiger partial charge in [0.05, 0.1) is 4.90 Å². The molecule has 14 heavy (non-hydrogen) atoms. The SMILES string of the molecule is CC(C)=O.NS(=O)(=O)c1ccccc1. The second-order valence-corrected chi connectivity index (χ2v) is 4.33. The van der Waals surface area contributed by atoms with E-state index >= 15 is 0 Å². The van der Waals surface area contributed by atoms with Crippen molar-refractivity contribution in [2.45, 2.75) is 18.7 Å². The molecule has 0 fully saturated rings. The molecule has 5 heteroatoms. The molecule has 0 spiro atoms. The van der Waals surface area contributed by atoms with Crippen molar-refractivity contribution in [3.05, 3.63) is 30.3 Å². The van der Waals surface area contributed by atoms with E-state index in [4.69, 9.17) is 5.14 Å². The molecule has 1 aromatic rings. The van der Waals surface area contributed by atoms with Crippen molar-refractivity contribution >= 4 is 15.8 Å². The van der Waals surface area contributed by atoms with Crippen LogP contribution in [0.25, 0.3) is 0 Å². The van der Waals surface area contributed by atoms with Crippen LogP contribution in [0, 0.1) is 0 Å². The van der Waals surface area contributed by atoms with Gasteiger partial charge in [-0.2, -0.15) is 0 Å². The number of benzene rings is 1. The Balaban J connectivity index is 0.000000364. The quantitative estimate of drug-likeness (QED) is 0.757. The monoisotopic (exact) mass is 215 g/mol. The lowest BCUT2D eigenvalue weighted by atomic mass is 10.4. The highest BCUT2D eigenvalue weighted by molar-refractivity contribution is 7.89. The Hall–Kier alpha value is -1.20. The summed E-state index contributed by atoms with van der Waals surface area (Å²) < 4.78 is 21.2. The molecule has 4 nitrogen and oxygen atoms in total. The molecular weight excluding hydrogens is 202 g/mol. The van der Waals surface area contributed by atoms with E-state index in [1.807, 2.05) is 0 Å². The number of sulfonamides is 1. The van der Waals surface area contributed by atoms with Crippen LogP contribution < -0.4 is 5.14 Å². The zero-order valence-electron chi connectivity index (χ0n) is 8.10. The van der Waals surface area contributed by atoms with Gasteiger partial charge in [0, 0.05) is 0 Å². The molecule has 0 atom stereocenters. The second kappa shape index (κ2) is 5.51. The van der Waals surface area contributed by atoms with Crippen molar-refractivity contribution in [1.29, 1.82) is 0 Å². The van der Waals surface area contributed by atoms with E-state index < -0.39 is 10.0 Å².